The lowest BCUT2D eigenvalue weighted by molar-refractivity contribution is 0.464. The average molecular weight is 362 g/mol. The van der Waals surface area contributed by atoms with Gasteiger partial charge in [-0.2, -0.15) is 0 Å². The molecule has 0 bridgehead atoms. The zero-order valence-electron chi connectivity index (χ0n) is 16.3. The molecule has 0 heterocycles. The molecular weight excluding hydrogens is 336 g/mol. The monoisotopic (exact) mass is 362 g/mol. The molecule has 0 saturated carbocycles. The SMILES string of the molecule is Cc1cc(Cc2cc(C)c(O)c(Cc3ccc(O)c(C)c3)c2C)ccc1O. The molecule has 3 N–H and O–H groups in total. The van der Waals surface area contributed by atoms with Crippen molar-refractivity contribution in [3.63, 3.8) is 0 Å². The van der Waals surface area contributed by atoms with Crippen LogP contribution in [0.25, 0.3) is 0 Å². The van der Waals surface area contributed by atoms with E-state index in [9.17, 15) is 15.3 Å². The van der Waals surface area contributed by atoms with E-state index >= 15 is 0 Å². The summed E-state index contributed by atoms with van der Waals surface area (Å²) in [4.78, 5) is 0. The number of rotatable bonds is 4. The minimum absolute atomic E-state index is 0.285. The van der Waals surface area contributed by atoms with Crippen LogP contribution in [-0.4, -0.2) is 15.3 Å². The Labute approximate surface area is 160 Å². The lowest BCUT2D eigenvalue weighted by Crippen LogP contribution is -2.01. The molecule has 0 saturated heterocycles. The molecular formula is C24H26O3. The molecule has 0 aliphatic rings. The number of hydrogen-bond donors (Lipinski definition) is 3. The van der Waals surface area contributed by atoms with Gasteiger partial charge in [-0.25, -0.2) is 0 Å². The Hall–Kier alpha value is -2.94. The second-order valence-corrected chi connectivity index (χ2v) is 7.40. The highest BCUT2D eigenvalue weighted by atomic mass is 16.3. The predicted octanol–water partition coefficient (Wildman–Crippen LogP) is 5.22. The van der Waals surface area contributed by atoms with Crippen molar-refractivity contribution < 1.29 is 15.3 Å². The van der Waals surface area contributed by atoms with Crippen LogP contribution in [-0.2, 0) is 12.8 Å². The van der Waals surface area contributed by atoms with Crippen molar-refractivity contribution in [3.8, 4) is 17.2 Å². The summed E-state index contributed by atoms with van der Waals surface area (Å²) in [5.41, 5.74) is 7.90. The standard InChI is InChI=1S/C24H26O3/c1-14-9-18(5-7-22(14)25)12-20-11-16(3)24(27)21(17(20)4)13-19-6-8-23(26)15(2)10-19/h5-11,25-27H,12-13H2,1-4H3. The lowest BCUT2D eigenvalue weighted by Gasteiger charge is -2.17. The van der Waals surface area contributed by atoms with E-state index in [1.807, 2.05) is 58.0 Å². The van der Waals surface area contributed by atoms with Gasteiger partial charge in [0, 0.05) is 12.0 Å². The van der Waals surface area contributed by atoms with Crippen molar-refractivity contribution in [2.24, 2.45) is 0 Å². The van der Waals surface area contributed by atoms with Crippen LogP contribution in [0.1, 0.15) is 44.5 Å². The van der Waals surface area contributed by atoms with Gasteiger partial charge in [-0.1, -0.05) is 30.3 Å². The van der Waals surface area contributed by atoms with Gasteiger partial charge in [-0.15, -0.1) is 0 Å². The normalized spacial score (nSPS) is 11.0. The van der Waals surface area contributed by atoms with Crippen molar-refractivity contribution in [1.29, 1.82) is 0 Å². The molecule has 3 nitrogen and oxygen atoms in total. The molecule has 3 aromatic carbocycles. The molecule has 27 heavy (non-hydrogen) atoms. The van der Waals surface area contributed by atoms with E-state index < -0.39 is 0 Å². The van der Waals surface area contributed by atoms with Gasteiger partial charge < -0.3 is 15.3 Å². The largest absolute Gasteiger partial charge is 0.508 e. The lowest BCUT2D eigenvalue weighted by atomic mass is 9.90. The molecule has 0 aliphatic carbocycles. The quantitative estimate of drug-likeness (QED) is 0.596. The maximum Gasteiger partial charge on any atom is 0.122 e. The van der Waals surface area contributed by atoms with E-state index in [2.05, 4.69) is 0 Å². The summed E-state index contributed by atoms with van der Waals surface area (Å²) in [5, 5.41) is 30.1. The first-order valence-corrected chi connectivity index (χ1v) is 9.14. The van der Waals surface area contributed by atoms with Crippen molar-refractivity contribution in [2.75, 3.05) is 0 Å². The molecule has 140 valence electrons. The Kier molecular flexibility index (Phi) is 5.13. The van der Waals surface area contributed by atoms with Gasteiger partial charge in [0.2, 0.25) is 0 Å². The first-order chi connectivity index (χ1) is 12.8. The third kappa shape index (κ3) is 3.92. The Morgan fingerprint density at radius 2 is 1.15 bits per heavy atom. The maximum absolute atomic E-state index is 10.7. The van der Waals surface area contributed by atoms with Crippen LogP contribution in [0.3, 0.4) is 0 Å². The zero-order valence-corrected chi connectivity index (χ0v) is 16.3. The van der Waals surface area contributed by atoms with Crippen LogP contribution in [0.5, 0.6) is 17.2 Å². The van der Waals surface area contributed by atoms with Gasteiger partial charge in [0.05, 0.1) is 0 Å². The number of aromatic hydroxyl groups is 3. The Morgan fingerprint density at radius 1 is 0.630 bits per heavy atom. The Morgan fingerprint density at radius 3 is 1.67 bits per heavy atom. The number of phenols is 3. The van der Waals surface area contributed by atoms with Gasteiger partial charge in [0.25, 0.3) is 0 Å². The molecule has 0 unspecified atom stereocenters. The second-order valence-electron chi connectivity index (χ2n) is 7.40. The number of aryl methyl sites for hydroxylation is 3. The Balaban J connectivity index is 1.99. The van der Waals surface area contributed by atoms with Crippen LogP contribution in [0.15, 0.2) is 42.5 Å². The van der Waals surface area contributed by atoms with Crippen LogP contribution >= 0.6 is 0 Å². The third-order valence-corrected chi connectivity index (χ3v) is 5.28. The molecule has 0 amide bonds. The highest BCUT2D eigenvalue weighted by Gasteiger charge is 2.14. The van der Waals surface area contributed by atoms with E-state index in [1.165, 1.54) is 5.56 Å². The molecule has 3 aromatic rings. The van der Waals surface area contributed by atoms with Crippen LogP contribution in [0, 0.1) is 27.7 Å². The second kappa shape index (κ2) is 7.36. The van der Waals surface area contributed by atoms with E-state index in [4.69, 9.17) is 0 Å². The van der Waals surface area contributed by atoms with Crippen LogP contribution in [0.2, 0.25) is 0 Å². The summed E-state index contributed by atoms with van der Waals surface area (Å²) in [6.45, 7) is 7.74. The number of phenolic OH excluding ortho intramolecular Hbond substituents is 3. The average Bonchev–Trinajstić information content (AvgIpc) is 2.62. The molecule has 3 heteroatoms. The molecule has 3 rings (SSSR count). The van der Waals surface area contributed by atoms with Gasteiger partial charge in [0.1, 0.15) is 17.2 Å². The van der Waals surface area contributed by atoms with E-state index in [-0.39, 0.29) is 5.75 Å². The van der Waals surface area contributed by atoms with Gasteiger partial charge in [-0.3, -0.25) is 0 Å². The van der Waals surface area contributed by atoms with Crippen molar-refractivity contribution in [2.45, 2.75) is 40.5 Å². The highest BCUT2D eigenvalue weighted by molar-refractivity contribution is 5.52. The maximum atomic E-state index is 10.7. The van der Waals surface area contributed by atoms with Crippen molar-refractivity contribution in [3.05, 3.63) is 87.0 Å². The van der Waals surface area contributed by atoms with E-state index in [1.54, 1.807) is 12.1 Å². The molecule has 0 radical (unpaired) electrons. The molecule has 0 atom stereocenters. The zero-order chi connectivity index (χ0) is 19.7. The molecule has 0 spiro atoms. The molecule has 0 aliphatic heterocycles. The highest BCUT2D eigenvalue weighted by Crippen LogP contribution is 2.32. The third-order valence-electron chi connectivity index (χ3n) is 5.28. The fourth-order valence-electron chi connectivity index (χ4n) is 3.53. The number of benzene rings is 3. The van der Waals surface area contributed by atoms with E-state index in [0.29, 0.717) is 17.9 Å². The van der Waals surface area contributed by atoms with Gasteiger partial charge >= 0.3 is 0 Å². The van der Waals surface area contributed by atoms with Gasteiger partial charge in [-0.05, 0) is 85.2 Å². The summed E-state index contributed by atoms with van der Waals surface area (Å²) >= 11 is 0. The minimum Gasteiger partial charge on any atom is -0.508 e. The number of hydrogen-bond acceptors (Lipinski definition) is 3. The van der Waals surface area contributed by atoms with Crippen LogP contribution < -0.4 is 0 Å². The fourth-order valence-corrected chi connectivity index (χ4v) is 3.53. The fraction of sp³-hybridized carbons (Fsp3) is 0.250. The summed E-state index contributed by atoms with van der Waals surface area (Å²) < 4.78 is 0. The smallest absolute Gasteiger partial charge is 0.122 e. The predicted molar refractivity (Wildman–Crippen MR) is 109 cm³/mol. The minimum atomic E-state index is 0.285. The van der Waals surface area contributed by atoms with Crippen LogP contribution in [0.4, 0.5) is 0 Å². The summed E-state index contributed by atoms with van der Waals surface area (Å²) in [5.74, 6) is 0.928. The molecule has 0 aromatic heterocycles. The van der Waals surface area contributed by atoms with E-state index in [0.717, 1.165) is 45.4 Å². The first-order valence-electron chi connectivity index (χ1n) is 9.14. The van der Waals surface area contributed by atoms with Crippen molar-refractivity contribution >= 4 is 0 Å². The summed E-state index contributed by atoms with van der Waals surface area (Å²) in [7, 11) is 0. The first kappa shape index (κ1) is 18.8. The Bertz CT molecular complexity index is 1000. The molecule has 0 fully saturated rings. The van der Waals surface area contributed by atoms with Gasteiger partial charge in [0.15, 0.2) is 0 Å². The summed E-state index contributed by atoms with van der Waals surface area (Å²) in [6, 6.07) is 13.3. The van der Waals surface area contributed by atoms with Crippen molar-refractivity contribution in [1.82, 2.24) is 0 Å². The summed E-state index contributed by atoms with van der Waals surface area (Å²) in [6.07, 6.45) is 1.36. The topological polar surface area (TPSA) is 60.7 Å².